The van der Waals surface area contributed by atoms with Gasteiger partial charge in [-0.3, -0.25) is 10.1 Å². The Morgan fingerprint density at radius 2 is 1.84 bits per heavy atom. The molecule has 0 fully saturated rings. The van der Waals surface area contributed by atoms with Gasteiger partial charge in [0.15, 0.2) is 0 Å². The molecule has 0 aliphatic rings. The first-order valence-corrected chi connectivity index (χ1v) is 9.59. The largest absolute Gasteiger partial charge is 0.462 e. The van der Waals surface area contributed by atoms with Crippen LogP contribution in [0, 0.1) is 10.1 Å². The zero-order valence-corrected chi connectivity index (χ0v) is 16.9. The van der Waals surface area contributed by atoms with Gasteiger partial charge in [0.05, 0.1) is 28.8 Å². The van der Waals surface area contributed by atoms with E-state index in [0.717, 1.165) is 11.6 Å². The summed E-state index contributed by atoms with van der Waals surface area (Å²) in [5, 5.41) is 34.4. The molecule has 10 nitrogen and oxygen atoms in total. The molecule has 2 rings (SSSR count). The second kappa shape index (κ2) is 11.6. The van der Waals surface area contributed by atoms with Crippen LogP contribution in [0.4, 0.5) is 10.5 Å². The van der Waals surface area contributed by atoms with Gasteiger partial charge in [0.2, 0.25) is 0 Å². The molecule has 0 heterocycles. The number of nitro groups is 1. The fourth-order valence-corrected chi connectivity index (χ4v) is 2.75. The minimum atomic E-state index is -1.60. The Hall–Kier alpha value is -3.50. The molecule has 0 aliphatic carbocycles. The summed E-state index contributed by atoms with van der Waals surface area (Å²) in [7, 11) is 0. The highest BCUT2D eigenvalue weighted by Gasteiger charge is 2.27. The van der Waals surface area contributed by atoms with Crippen LogP contribution in [0.25, 0.3) is 0 Å². The van der Waals surface area contributed by atoms with Gasteiger partial charge >= 0.3 is 12.1 Å². The third-order valence-electron chi connectivity index (χ3n) is 4.34. The minimum absolute atomic E-state index is 0.0272. The number of aliphatic hydroxyl groups is 2. The monoisotopic (exact) mass is 432 g/mol. The van der Waals surface area contributed by atoms with Gasteiger partial charge in [0.25, 0.3) is 5.69 Å². The summed E-state index contributed by atoms with van der Waals surface area (Å²) in [6, 6.07) is 12.5. The van der Waals surface area contributed by atoms with Crippen LogP contribution in [0.1, 0.15) is 40.9 Å². The van der Waals surface area contributed by atoms with Gasteiger partial charge in [0, 0.05) is 12.6 Å². The summed E-state index contributed by atoms with van der Waals surface area (Å²) in [6.07, 6.45) is -3.78. The molecule has 0 aromatic heterocycles. The Balaban J connectivity index is 1.91. The number of carbonyl (C=O) groups excluding carboxylic acids is 2. The maximum atomic E-state index is 11.8. The normalized spacial score (nSPS) is 12.5. The van der Waals surface area contributed by atoms with Crippen LogP contribution in [-0.4, -0.2) is 46.5 Å². The number of amides is 1. The number of benzene rings is 2. The minimum Gasteiger partial charge on any atom is -0.462 e. The molecule has 0 aliphatic heterocycles. The first-order chi connectivity index (χ1) is 14.8. The molecular formula is C21H24N2O8. The maximum absolute atomic E-state index is 11.8. The number of nitrogens with zero attached hydrogens (tertiary/aromatic N) is 1. The van der Waals surface area contributed by atoms with Crippen LogP contribution in [0.2, 0.25) is 0 Å². The van der Waals surface area contributed by atoms with E-state index in [1.165, 1.54) is 12.1 Å². The molecule has 2 aromatic rings. The van der Waals surface area contributed by atoms with Gasteiger partial charge in [-0.2, -0.15) is 0 Å². The van der Waals surface area contributed by atoms with E-state index < -0.39 is 34.9 Å². The van der Waals surface area contributed by atoms with Crippen molar-refractivity contribution >= 4 is 17.7 Å². The molecule has 0 bridgehead atoms. The van der Waals surface area contributed by atoms with Crippen LogP contribution < -0.4 is 5.32 Å². The number of aliphatic hydroxyl groups excluding tert-OH is 2. The molecule has 0 saturated carbocycles. The molecule has 166 valence electrons. The molecule has 0 spiro atoms. The predicted octanol–water partition coefficient (Wildman–Crippen LogP) is 2.48. The van der Waals surface area contributed by atoms with E-state index in [1.54, 1.807) is 19.1 Å². The van der Waals surface area contributed by atoms with Crippen LogP contribution >= 0.6 is 0 Å². The Bertz CT molecular complexity index is 904. The highest BCUT2D eigenvalue weighted by molar-refractivity contribution is 5.90. The lowest BCUT2D eigenvalue weighted by molar-refractivity contribution is -0.386. The van der Waals surface area contributed by atoms with Crippen molar-refractivity contribution in [2.75, 3.05) is 13.2 Å². The summed E-state index contributed by atoms with van der Waals surface area (Å²) < 4.78 is 9.84. The van der Waals surface area contributed by atoms with Crippen molar-refractivity contribution in [3.63, 3.8) is 0 Å². The first kappa shape index (κ1) is 23.8. The fraction of sp³-hybridized carbons (Fsp3) is 0.333. The van der Waals surface area contributed by atoms with Crippen molar-refractivity contribution in [2.24, 2.45) is 0 Å². The molecule has 3 N–H and O–H groups in total. The molecule has 2 aromatic carbocycles. The number of esters is 1. The first-order valence-electron chi connectivity index (χ1n) is 9.59. The van der Waals surface area contributed by atoms with Crippen molar-refractivity contribution in [1.82, 2.24) is 5.32 Å². The average molecular weight is 432 g/mol. The van der Waals surface area contributed by atoms with Crippen LogP contribution in [-0.2, 0) is 16.1 Å². The lowest BCUT2D eigenvalue weighted by Gasteiger charge is -2.18. The van der Waals surface area contributed by atoms with Crippen molar-refractivity contribution < 1.29 is 34.2 Å². The number of carbonyl (C=O) groups is 2. The van der Waals surface area contributed by atoms with E-state index >= 15 is 0 Å². The Kier molecular flexibility index (Phi) is 8.92. The molecule has 2 atom stereocenters. The number of nitro benzene ring substituents is 1. The highest BCUT2D eigenvalue weighted by atomic mass is 16.6. The predicted molar refractivity (Wildman–Crippen MR) is 109 cm³/mol. The van der Waals surface area contributed by atoms with Crippen molar-refractivity contribution in [2.45, 2.75) is 32.2 Å². The summed E-state index contributed by atoms with van der Waals surface area (Å²) in [6.45, 7) is 1.76. The van der Waals surface area contributed by atoms with Gasteiger partial charge in [-0.25, -0.2) is 9.59 Å². The quantitative estimate of drug-likeness (QED) is 0.295. The Morgan fingerprint density at radius 1 is 1.13 bits per heavy atom. The topological polar surface area (TPSA) is 148 Å². The number of alkyl carbamates (subject to hydrolysis) is 1. The summed E-state index contributed by atoms with van der Waals surface area (Å²) >= 11 is 0. The summed E-state index contributed by atoms with van der Waals surface area (Å²) in [5.41, 5.74) is 0.0954. The number of hydrogen-bond donors (Lipinski definition) is 3. The molecule has 31 heavy (non-hydrogen) atoms. The van der Waals surface area contributed by atoms with Crippen LogP contribution in [0.15, 0.2) is 48.5 Å². The van der Waals surface area contributed by atoms with Gasteiger partial charge in [-0.05, 0) is 31.0 Å². The zero-order valence-electron chi connectivity index (χ0n) is 16.9. The third-order valence-corrected chi connectivity index (χ3v) is 4.34. The van der Waals surface area contributed by atoms with E-state index in [9.17, 15) is 29.9 Å². The Morgan fingerprint density at radius 3 is 2.48 bits per heavy atom. The molecule has 1 amide bonds. The van der Waals surface area contributed by atoms with Gasteiger partial charge in [-0.1, -0.05) is 30.3 Å². The van der Waals surface area contributed by atoms with Crippen molar-refractivity contribution in [3.8, 4) is 0 Å². The van der Waals surface area contributed by atoms with Gasteiger partial charge in [0.1, 0.15) is 12.7 Å². The molecule has 0 saturated heterocycles. The number of hydrogen-bond acceptors (Lipinski definition) is 8. The molecular weight excluding hydrogens is 408 g/mol. The van der Waals surface area contributed by atoms with E-state index in [4.69, 9.17) is 9.47 Å². The lowest BCUT2D eigenvalue weighted by Crippen LogP contribution is -2.30. The van der Waals surface area contributed by atoms with E-state index in [0.29, 0.717) is 0 Å². The zero-order chi connectivity index (χ0) is 22.8. The third kappa shape index (κ3) is 7.05. The smallest absolute Gasteiger partial charge is 0.407 e. The molecule has 2 unspecified atom stereocenters. The molecule has 10 heteroatoms. The van der Waals surface area contributed by atoms with Gasteiger partial charge < -0.3 is 25.0 Å². The number of nitrogens with one attached hydrogen (secondary N) is 1. The SMILES string of the molecule is CCOC(=O)c1ccc(C(O)C(O)CCNC(=O)OCc2ccccc2)c([N+](=O)[O-])c1. The van der Waals surface area contributed by atoms with E-state index in [1.807, 2.05) is 18.2 Å². The fourth-order valence-electron chi connectivity index (χ4n) is 2.75. The average Bonchev–Trinajstić information content (AvgIpc) is 2.77. The van der Waals surface area contributed by atoms with E-state index in [-0.39, 0.29) is 37.3 Å². The van der Waals surface area contributed by atoms with Crippen molar-refractivity contribution in [3.05, 3.63) is 75.3 Å². The van der Waals surface area contributed by atoms with Crippen LogP contribution in [0.5, 0.6) is 0 Å². The highest BCUT2D eigenvalue weighted by Crippen LogP contribution is 2.29. The van der Waals surface area contributed by atoms with Gasteiger partial charge in [-0.15, -0.1) is 0 Å². The van der Waals surface area contributed by atoms with Crippen molar-refractivity contribution in [1.29, 1.82) is 0 Å². The van der Waals surface area contributed by atoms with Crippen LogP contribution in [0.3, 0.4) is 0 Å². The maximum Gasteiger partial charge on any atom is 0.407 e. The number of ether oxygens (including phenoxy) is 2. The second-order valence-electron chi connectivity index (χ2n) is 6.54. The number of rotatable bonds is 10. The summed E-state index contributed by atoms with van der Waals surface area (Å²) in [5.74, 6) is -0.731. The van der Waals surface area contributed by atoms with E-state index in [2.05, 4.69) is 5.32 Å². The lowest BCUT2D eigenvalue weighted by atomic mass is 9.98. The molecule has 0 radical (unpaired) electrons. The standard InChI is InChI=1S/C21H24N2O8/c1-2-30-20(26)15-8-9-16(17(12-15)23(28)29)19(25)18(24)10-11-22-21(27)31-13-14-6-4-3-5-7-14/h3-9,12,18-19,24-25H,2,10-11,13H2,1H3,(H,22,27). The second-order valence-corrected chi connectivity index (χ2v) is 6.54. The summed E-state index contributed by atoms with van der Waals surface area (Å²) in [4.78, 5) is 34.1. The Labute approximate surface area is 178 Å².